The van der Waals surface area contributed by atoms with Crippen molar-refractivity contribution in [3.8, 4) is 5.75 Å². The third-order valence-electron chi connectivity index (χ3n) is 6.77. The normalized spacial score (nSPS) is 24.4. The number of rotatable bonds is 7. The Balaban J connectivity index is 1.53. The molecular weight excluding hydrogens is 386 g/mol. The predicted molar refractivity (Wildman–Crippen MR) is 130 cm³/mol. The van der Waals surface area contributed by atoms with Gasteiger partial charge >= 0.3 is 0 Å². The fourth-order valence-corrected chi connectivity index (χ4v) is 5.19. The third kappa shape index (κ3) is 6.84. The molecule has 1 aromatic carbocycles. The molecule has 6 nitrogen and oxygen atoms in total. The van der Waals surface area contributed by atoms with Gasteiger partial charge in [-0.1, -0.05) is 26.0 Å². The van der Waals surface area contributed by atoms with Crippen LogP contribution in [0, 0.1) is 11.8 Å². The Morgan fingerprint density at radius 1 is 1.13 bits per heavy atom. The zero-order valence-electron chi connectivity index (χ0n) is 20.2. The number of nitrogens with zero attached hydrogens (tertiary/aromatic N) is 3. The van der Waals surface area contributed by atoms with E-state index in [0.717, 1.165) is 30.7 Å². The molecule has 2 unspecified atom stereocenters. The van der Waals surface area contributed by atoms with E-state index >= 15 is 0 Å². The highest BCUT2D eigenvalue weighted by Gasteiger charge is 2.31. The van der Waals surface area contributed by atoms with E-state index in [0.29, 0.717) is 18.0 Å². The molecule has 2 atom stereocenters. The average molecular weight is 430 g/mol. The Kier molecular flexibility index (Phi) is 9.02. The molecule has 0 saturated carbocycles. The van der Waals surface area contributed by atoms with Crippen molar-refractivity contribution in [3.05, 3.63) is 29.8 Å². The standard InChI is InChI=1S/C25H43N5O/c1-19(2)18-30-15-12-22(13-16-30)28-25(26-3)27-17-21-7-6-14-29(4)24(21)20-8-10-23(31-5)11-9-20/h8-11,19,21-22,24H,6-7,12-18H2,1-5H3,(H2,26,27,28). The number of likely N-dealkylation sites (tertiary alicyclic amines) is 2. The number of methoxy groups -OCH3 is 1. The molecule has 2 N–H and O–H groups in total. The zero-order chi connectivity index (χ0) is 22.2. The molecule has 2 fully saturated rings. The zero-order valence-corrected chi connectivity index (χ0v) is 20.2. The Labute approximate surface area is 189 Å². The Bertz CT molecular complexity index is 682. The highest BCUT2D eigenvalue weighted by Crippen LogP contribution is 2.35. The maximum absolute atomic E-state index is 5.35. The van der Waals surface area contributed by atoms with Gasteiger partial charge in [-0.3, -0.25) is 9.89 Å². The minimum Gasteiger partial charge on any atom is -0.497 e. The molecule has 1 aromatic rings. The monoisotopic (exact) mass is 429 g/mol. The number of benzene rings is 1. The SMILES string of the molecule is CN=C(NCC1CCCN(C)C1c1ccc(OC)cc1)NC1CCN(CC(C)C)CC1. The van der Waals surface area contributed by atoms with Crippen molar-refractivity contribution in [2.75, 3.05) is 53.9 Å². The minimum atomic E-state index is 0.421. The molecule has 2 heterocycles. The van der Waals surface area contributed by atoms with Gasteiger partial charge in [-0.25, -0.2) is 0 Å². The van der Waals surface area contributed by atoms with Crippen LogP contribution in [0.5, 0.6) is 5.75 Å². The van der Waals surface area contributed by atoms with Crippen LogP contribution < -0.4 is 15.4 Å². The number of guanidine groups is 1. The molecule has 0 aromatic heterocycles. The molecule has 174 valence electrons. The van der Waals surface area contributed by atoms with Crippen LogP contribution in [-0.4, -0.2) is 75.7 Å². The van der Waals surface area contributed by atoms with E-state index in [9.17, 15) is 0 Å². The van der Waals surface area contributed by atoms with Crippen LogP contribution in [0.4, 0.5) is 0 Å². The van der Waals surface area contributed by atoms with Crippen molar-refractivity contribution in [3.63, 3.8) is 0 Å². The van der Waals surface area contributed by atoms with Gasteiger partial charge in [0.1, 0.15) is 5.75 Å². The summed E-state index contributed by atoms with van der Waals surface area (Å²) in [5.74, 6) is 3.16. The van der Waals surface area contributed by atoms with Gasteiger partial charge in [0.15, 0.2) is 5.96 Å². The van der Waals surface area contributed by atoms with E-state index in [1.807, 2.05) is 7.05 Å². The molecule has 3 rings (SSSR count). The fraction of sp³-hybridized carbons (Fsp3) is 0.720. The van der Waals surface area contributed by atoms with Gasteiger partial charge in [0.2, 0.25) is 0 Å². The Morgan fingerprint density at radius 3 is 2.45 bits per heavy atom. The van der Waals surface area contributed by atoms with Crippen LogP contribution in [0.15, 0.2) is 29.3 Å². The summed E-state index contributed by atoms with van der Waals surface area (Å²) < 4.78 is 5.35. The highest BCUT2D eigenvalue weighted by molar-refractivity contribution is 5.80. The van der Waals surface area contributed by atoms with E-state index < -0.39 is 0 Å². The number of nitrogens with one attached hydrogen (secondary N) is 2. The fourth-order valence-electron chi connectivity index (χ4n) is 5.19. The van der Waals surface area contributed by atoms with E-state index in [-0.39, 0.29) is 0 Å². The summed E-state index contributed by atoms with van der Waals surface area (Å²) in [6.45, 7) is 10.3. The molecule has 31 heavy (non-hydrogen) atoms. The summed E-state index contributed by atoms with van der Waals surface area (Å²) in [6, 6.07) is 9.53. The van der Waals surface area contributed by atoms with E-state index in [4.69, 9.17) is 4.74 Å². The van der Waals surface area contributed by atoms with Crippen LogP contribution in [-0.2, 0) is 0 Å². The summed E-state index contributed by atoms with van der Waals surface area (Å²) in [7, 11) is 5.86. The third-order valence-corrected chi connectivity index (χ3v) is 6.77. The lowest BCUT2D eigenvalue weighted by atomic mass is 9.85. The molecule has 0 amide bonds. The largest absolute Gasteiger partial charge is 0.497 e. The molecule has 0 radical (unpaired) electrons. The first-order valence-corrected chi connectivity index (χ1v) is 12.0. The van der Waals surface area contributed by atoms with Crippen LogP contribution in [0.25, 0.3) is 0 Å². The van der Waals surface area contributed by atoms with Gasteiger partial charge in [0.05, 0.1) is 7.11 Å². The van der Waals surface area contributed by atoms with Gasteiger partial charge in [-0.2, -0.15) is 0 Å². The van der Waals surface area contributed by atoms with Crippen molar-refractivity contribution in [1.82, 2.24) is 20.4 Å². The Morgan fingerprint density at radius 2 is 1.84 bits per heavy atom. The molecule has 2 aliphatic rings. The smallest absolute Gasteiger partial charge is 0.191 e. The maximum Gasteiger partial charge on any atom is 0.191 e. The maximum atomic E-state index is 5.35. The van der Waals surface area contributed by atoms with Gasteiger partial charge in [-0.15, -0.1) is 0 Å². The first-order valence-electron chi connectivity index (χ1n) is 12.0. The minimum absolute atomic E-state index is 0.421. The molecule has 0 bridgehead atoms. The quantitative estimate of drug-likeness (QED) is 0.514. The second-order valence-electron chi connectivity index (χ2n) is 9.67. The first-order chi connectivity index (χ1) is 15.0. The topological polar surface area (TPSA) is 52.1 Å². The number of ether oxygens (including phenoxy) is 1. The lowest BCUT2D eigenvalue weighted by molar-refractivity contribution is 0.122. The summed E-state index contributed by atoms with van der Waals surface area (Å²) >= 11 is 0. The lowest BCUT2D eigenvalue weighted by Crippen LogP contribution is -2.50. The van der Waals surface area contributed by atoms with Crippen molar-refractivity contribution in [1.29, 1.82) is 0 Å². The molecule has 6 heteroatoms. The van der Waals surface area contributed by atoms with Crippen LogP contribution in [0.3, 0.4) is 0 Å². The van der Waals surface area contributed by atoms with Crippen LogP contribution >= 0.6 is 0 Å². The predicted octanol–water partition coefficient (Wildman–Crippen LogP) is 3.36. The van der Waals surface area contributed by atoms with Crippen molar-refractivity contribution in [2.24, 2.45) is 16.8 Å². The van der Waals surface area contributed by atoms with E-state index in [1.165, 1.54) is 50.9 Å². The molecule has 2 saturated heterocycles. The summed E-state index contributed by atoms with van der Waals surface area (Å²) in [4.78, 5) is 9.62. The molecule has 2 aliphatic heterocycles. The number of piperidine rings is 2. The van der Waals surface area contributed by atoms with Crippen molar-refractivity contribution in [2.45, 2.75) is 51.6 Å². The van der Waals surface area contributed by atoms with Gasteiger partial charge < -0.3 is 20.3 Å². The summed E-state index contributed by atoms with van der Waals surface area (Å²) in [5, 5.41) is 7.33. The Hall–Kier alpha value is -1.79. The van der Waals surface area contributed by atoms with Gasteiger partial charge in [0.25, 0.3) is 0 Å². The molecule has 0 spiro atoms. The number of aliphatic imine (C=N–C) groups is 1. The number of hydrogen-bond donors (Lipinski definition) is 2. The highest BCUT2D eigenvalue weighted by atomic mass is 16.5. The molecular formula is C25H43N5O. The van der Waals surface area contributed by atoms with E-state index in [1.54, 1.807) is 7.11 Å². The van der Waals surface area contributed by atoms with Gasteiger partial charge in [0, 0.05) is 45.3 Å². The average Bonchev–Trinajstić information content (AvgIpc) is 2.77. The first kappa shape index (κ1) is 23.9. The van der Waals surface area contributed by atoms with E-state index in [2.05, 4.69) is 70.6 Å². The van der Waals surface area contributed by atoms with Crippen LogP contribution in [0.2, 0.25) is 0 Å². The van der Waals surface area contributed by atoms with Crippen LogP contribution in [0.1, 0.15) is 51.1 Å². The molecule has 0 aliphatic carbocycles. The number of hydrogen-bond acceptors (Lipinski definition) is 4. The summed E-state index contributed by atoms with van der Waals surface area (Å²) in [6.07, 6.45) is 4.86. The second kappa shape index (κ2) is 11.7. The lowest BCUT2D eigenvalue weighted by Gasteiger charge is -2.40. The van der Waals surface area contributed by atoms with Crippen molar-refractivity contribution >= 4 is 5.96 Å². The van der Waals surface area contributed by atoms with Crippen molar-refractivity contribution < 1.29 is 4.74 Å². The van der Waals surface area contributed by atoms with Gasteiger partial charge in [-0.05, 0) is 68.8 Å². The second-order valence-corrected chi connectivity index (χ2v) is 9.67. The summed E-state index contributed by atoms with van der Waals surface area (Å²) in [5.41, 5.74) is 1.37.